The van der Waals surface area contributed by atoms with Crippen molar-refractivity contribution in [1.82, 2.24) is 0 Å². The third kappa shape index (κ3) is 2.21. The Morgan fingerprint density at radius 2 is 1.86 bits per heavy atom. The Morgan fingerprint density at radius 1 is 1.18 bits per heavy atom. The molecule has 0 saturated carbocycles. The molecule has 0 radical (unpaired) electrons. The Morgan fingerprint density at radius 3 is 2.55 bits per heavy atom. The van der Waals surface area contributed by atoms with Crippen molar-refractivity contribution in [3.8, 4) is 6.07 Å². The third-order valence-corrected chi connectivity index (χ3v) is 3.45. The van der Waals surface area contributed by atoms with Crippen LogP contribution in [0.3, 0.4) is 0 Å². The molecule has 108 valence electrons. The fourth-order valence-corrected chi connectivity index (χ4v) is 2.47. The molecule has 0 aliphatic carbocycles. The molecule has 0 N–H and O–H groups in total. The maximum atomic E-state index is 12.0. The zero-order chi connectivity index (χ0) is 15.5. The van der Waals surface area contributed by atoms with Crippen LogP contribution in [0.1, 0.15) is 11.1 Å². The van der Waals surface area contributed by atoms with E-state index in [1.165, 1.54) is 12.0 Å². The molecular formula is C17H13N3O2. The van der Waals surface area contributed by atoms with Crippen LogP contribution >= 0.6 is 0 Å². The van der Waals surface area contributed by atoms with E-state index < -0.39 is 12.3 Å². The molecule has 2 aromatic carbocycles. The molecule has 0 unspecified atom stereocenters. The first-order valence-corrected chi connectivity index (χ1v) is 6.75. The van der Waals surface area contributed by atoms with Gasteiger partial charge < -0.3 is 4.74 Å². The number of rotatable bonds is 1. The third-order valence-electron chi connectivity index (χ3n) is 3.45. The van der Waals surface area contributed by atoms with E-state index in [1.54, 1.807) is 6.07 Å². The molecule has 2 aromatic rings. The van der Waals surface area contributed by atoms with E-state index in [2.05, 4.69) is 4.99 Å². The average molecular weight is 291 g/mol. The second kappa shape index (κ2) is 5.70. The largest absolute Gasteiger partial charge is 0.452 e. The van der Waals surface area contributed by atoms with Crippen LogP contribution in [0, 0.1) is 11.3 Å². The number of hydrogen-bond acceptors (Lipinski definition) is 4. The summed E-state index contributed by atoms with van der Waals surface area (Å²) in [4.78, 5) is 17.7. The molecule has 0 saturated heterocycles. The molecule has 1 aliphatic heterocycles. The van der Waals surface area contributed by atoms with Crippen LogP contribution in [-0.4, -0.2) is 25.1 Å². The second-order valence-electron chi connectivity index (χ2n) is 4.70. The van der Waals surface area contributed by atoms with Gasteiger partial charge in [0.25, 0.3) is 0 Å². The zero-order valence-electron chi connectivity index (χ0n) is 11.9. The standard InChI is InChI=1S/C17H13N3O2/c1-22-17(21)20-14-10-6-5-9-13(14)16(19-15(20)11-18)12-7-3-2-4-8-12/h2-10,15H,1H3/t15-/m1/s1. The van der Waals surface area contributed by atoms with Gasteiger partial charge in [0.15, 0.2) is 0 Å². The number of nitriles is 1. The number of anilines is 1. The maximum absolute atomic E-state index is 12.0. The summed E-state index contributed by atoms with van der Waals surface area (Å²) < 4.78 is 4.79. The molecule has 0 bridgehead atoms. The molecule has 5 heteroatoms. The first-order valence-electron chi connectivity index (χ1n) is 6.75. The van der Waals surface area contributed by atoms with Crippen molar-refractivity contribution in [3.63, 3.8) is 0 Å². The lowest BCUT2D eigenvalue weighted by Gasteiger charge is -2.30. The minimum Gasteiger partial charge on any atom is -0.452 e. The van der Waals surface area contributed by atoms with Crippen molar-refractivity contribution in [2.75, 3.05) is 12.0 Å². The van der Waals surface area contributed by atoms with E-state index in [0.717, 1.165) is 11.1 Å². The number of carbonyl (C=O) groups is 1. The first-order chi connectivity index (χ1) is 10.8. The van der Waals surface area contributed by atoms with Gasteiger partial charge in [0.05, 0.1) is 18.5 Å². The van der Waals surface area contributed by atoms with E-state index in [0.29, 0.717) is 11.4 Å². The number of aliphatic imine (C=N–C) groups is 1. The summed E-state index contributed by atoms with van der Waals surface area (Å²) >= 11 is 0. The number of para-hydroxylation sites is 1. The van der Waals surface area contributed by atoms with Crippen LogP contribution in [0.2, 0.25) is 0 Å². The number of hydrogen-bond donors (Lipinski definition) is 0. The maximum Gasteiger partial charge on any atom is 0.416 e. The average Bonchev–Trinajstić information content (AvgIpc) is 2.60. The molecule has 1 aliphatic rings. The fourth-order valence-electron chi connectivity index (χ4n) is 2.47. The summed E-state index contributed by atoms with van der Waals surface area (Å²) in [7, 11) is 1.29. The summed E-state index contributed by atoms with van der Waals surface area (Å²) in [5.74, 6) is 0. The molecular weight excluding hydrogens is 278 g/mol. The van der Waals surface area contributed by atoms with Crippen LogP contribution in [-0.2, 0) is 4.74 Å². The minimum atomic E-state index is -0.947. The summed E-state index contributed by atoms with van der Waals surface area (Å²) in [5, 5.41) is 9.39. The number of methoxy groups -OCH3 is 1. The van der Waals surface area contributed by atoms with Crippen molar-refractivity contribution in [3.05, 3.63) is 65.7 Å². The highest BCUT2D eigenvalue weighted by Crippen LogP contribution is 2.31. The van der Waals surface area contributed by atoms with Gasteiger partial charge in [-0.1, -0.05) is 48.5 Å². The summed E-state index contributed by atoms with van der Waals surface area (Å²) in [5.41, 5.74) is 3.02. The minimum absolute atomic E-state index is 0.602. The molecule has 0 spiro atoms. The highest BCUT2D eigenvalue weighted by molar-refractivity contribution is 6.18. The Labute approximate surface area is 128 Å². The fraction of sp³-hybridized carbons (Fsp3) is 0.118. The highest BCUT2D eigenvalue weighted by Gasteiger charge is 2.33. The van der Waals surface area contributed by atoms with Gasteiger partial charge in [-0.05, 0) is 6.07 Å². The van der Waals surface area contributed by atoms with Crippen molar-refractivity contribution >= 4 is 17.5 Å². The lowest BCUT2D eigenvalue weighted by molar-refractivity contribution is 0.177. The van der Waals surface area contributed by atoms with Crippen molar-refractivity contribution in [1.29, 1.82) is 5.26 Å². The van der Waals surface area contributed by atoms with E-state index in [4.69, 9.17) is 4.74 Å². The number of carbonyl (C=O) groups excluding carboxylic acids is 1. The lowest BCUT2D eigenvalue weighted by Crippen LogP contribution is -2.42. The molecule has 0 fully saturated rings. The zero-order valence-corrected chi connectivity index (χ0v) is 11.9. The monoisotopic (exact) mass is 291 g/mol. The highest BCUT2D eigenvalue weighted by atomic mass is 16.5. The summed E-state index contributed by atoms with van der Waals surface area (Å²) in [6.07, 6.45) is -1.55. The van der Waals surface area contributed by atoms with Crippen LogP contribution in [0.25, 0.3) is 0 Å². The first kappa shape index (κ1) is 13.8. The van der Waals surface area contributed by atoms with Gasteiger partial charge in [0.2, 0.25) is 6.17 Å². The molecule has 5 nitrogen and oxygen atoms in total. The number of amides is 1. The Balaban J connectivity index is 2.20. The van der Waals surface area contributed by atoms with E-state index >= 15 is 0 Å². The van der Waals surface area contributed by atoms with E-state index in [9.17, 15) is 10.1 Å². The van der Waals surface area contributed by atoms with Crippen molar-refractivity contribution < 1.29 is 9.53 Å². The summed E-state index contributed by atoms with van der Waals surface area (Å²) in [6, 6.07) is 19.0. The number of nitrogens with zero attached hydrogens (tertiary/aromatic N) is 3. The van der Waals surface area contributed by atoms with Gasteiger partial charge in [-0.25, -0.2) is 14.7 Å². The predicted molar refractivity (Wildman–Crippen MR) is 82.8 cm³/mol. The predicted octanol–water partition coefficient (Wildman–Crippen LogP) is 2.96. The van der Waals surface area contributed by atoms with Gasteiger partial charge >= 0.3 is 6.09 Å². The van der Waals surface area contributed by atoms with Gasteiger partial charge in [0, 0.05) is 11.1 Å². The molecule has 1 atom stereocenters. The van der Waals surface area contributed by atoms with Crippen LogP contribution in [0.4, 0.5) is 10.5 Å². The Bertz CT molecular complexity index is 778. The normalized spacial score (nSPS) is 16.3. The molecule has 22 heavy (non-hydrogen) atoms. The Hall–Kier alpha value is -3.13. The second-order valence-corrected chi connectivity index (χ2v) is 4.70. The van der Waals surface area contributed by atoms with Crippen molar-refractivity contribution in [2.24, 2.45) is 4.99 Å². The molecule has 0 aromatic heterocycles. The van der Waals surface area contributed by atoms with Gasteiger partial charge in [-0.15, -0.1) is 0 Å². The van der Waals surface area contributed by atoms with Crippen molar-refractivity contribution in [2.45, 2.75) is 6.17 Å². The number of benzene rings is 2. The van der Waals surface area contributed by atoms with Gasteiger partial charge in [-0.2, -0.15) is 5.26 Å². The smallest absolute Gasteiger partial charge is 0.416 e. The number of ether oxygens (including phenoxy) is 1. The van der Waals surface area contributed by atoms with Crippen LogP contribution in [0.15, 0.2) is 59.6 Å². The Kier molecular flexibility index (Phi) is 3.58. The quantitative estimate of drug-likeness (QED) is 0.811. The molecule has 3 rings (SSSR count). The lowest BCUT2D eigenvalue weighted by atomic mass is 9.98. The topological polar surface area (TPSA) is 65.7 Å². The van der Waals surface area contributed by atoms with Gasteiger partial charge in [-0.3, -0.25) is 0 Å². The molecule has 1 amide bonds. The molecule has 1 heterocycles. The SMILES string of the molecule is COC(=O)N1c2ccccc2C(c2ccccc2)=N[C@H]1C#N. The van der Waals surface area contributed by atoms with Gasteiger partial charge in [0.1, 0.15) is 6.07 Å². The summed E-state index contributed by atoms with van der Waals surface area (Å²) in [6.45, 7) is 0. The van der Waals surface area contributed by atoms with E-state index in [-0.39, 0.29) is 0 Å². The van der Waals surface area contributed by atoms with Crippen LogP contribution < -0.4 is 4.90 Å². The number of fused-ring (bicyclic) bond motifs is 1. The van der Waals surface area contributed by atoms with E-state index in [1.807, 2.05) is 54.6 Å². The van der Waals surface area contributed by atoms with Crippen LogP contribution in [0.5, 0.6) is 0 Å².